The van der Waals surface area contributed by atoms with Gasteiger partial charge in [-0.05, 0) is 0 Å². The van der Waals surface area contributed by atoms with E-state index in [0.717, 1.165) is 5.17 Å². The molecule has 0 radical (unpaired) electrons. The zero-order valence-electron chi connectivity index (χ0n) is 5.40. The van der Waals surface area contributed by atoms with E-state index in [0.29, 0.717) is 6.29 Å². The van der Waals surface area contributed by atoms with Gasteiger partial charge in [-0.1, -0.05) is 0 Å². The molecule has 0 spiro atoms. The first-order valence-electron chi connectivity index (χ1n) is 2.68. The number of nitrogens with two attached hydrogens (primary N) is 1. The minimum absolute atomic E-state index is 0.129. The van der Waals surface area contributed by atoms with Gasteiger partial charge in [0.05, 0.1) is 0 Å². The second kappa shape index (κ2) is 2.88. The topological polar surface area (TPSA) is 96.7 Å². The van der Waals surface area contributed by atoms with Crippen LogP contribution in [-0.2, 0) is 9.63 Å². The third-order valence-corrected chi connectivity index (χ3v) is 0.923. The highest BCUT2D eigenvalue weighted by atomic mass is 16.8. The number of rotatable bonds is 2. The fraction of sp³-hybridized carbons (Fsp3) is 0. The van der Waals surface area contributed by atoms with Crippen molar-refractivity contribution in [1.82, 2.24) is 16.1 Å². The fourth-order valence-electron chi connectivity index (χ4n) is 0.535. The summed E-state index contributed by atoms with van der Waals surface area (Å²) in [4.78, 5) is 24.7. The minimum Gasteiger partial charge on any atom is -0.333 e. The van der Waals surface area contributed by atoms with Crippen LogP contribution in [0.5, 0.6) is 0 Å². The summed E-state index contributed by atoms with van der Waals surface area (Å²) in [5.41, 5.74) is 9.56. The summed E-state index contributed by atoms with van der Waals surface area (Å²) in [5.74, 6) is 0. The fourth-order valence-corrected chi connectivity index (χ4v) is 0.535. The van der Waals surface area contributed by atoms with Crippen molar-refractivity contribution in [2.45, 2.75) is 0 Å². The van der Waals surface area contributed by atoms with Crippen molar-refractivity contribution < 1.29 is 14.4 Å². The molecule has 7 nitrogen and oxygen atoms in total. The second-order valence-electron chi connectivity index (χ2n) is 1.65. The largest absolute Gasteiger partial charge is 0.430 e. The number of hydrogen-bond acceptors (Lipinski definition) is 6. The molecular weight excluding hydrogens is 152 g/mol. The molecule has 0 aliphatic carbocycles. The molecule has 1 aliphatic heterocycles. The Balaban J connectivity index is 2.53. The molecule has 11 heavy (non-hydrogen) atoms. The molecular formula is C4H6N4O3. The van der Waals surface area contributed by atoms with Crippen LogP contribution in [-0.4, -0.2) is 17.6 Å². The number of aldehydes is 1. The van der Waals surface area contributed by atoms with Crippen LogP contribution in [0.15, 0.2) is 11.9 Å². The third-order valence-electron chi connectivity index (χ3n) is 0.923. The number of nitrogens with zero attached hydrogens (tertiary/aromatic N) is 1. The number of nitrogens with one attached hydrogen (secondary N) is 2. The molecule has 0 atom stereocenters. The number of allylic oxidation sites excluding steroid dienone is 1. The van der Waals surface area contributed by atoms with Gasteiger partial charge in [0.1, 0.15) is 0 Å². The molecule has 0 aromatic rings. The summed E-state index contributed by atoms with van der Waals surface area (Å²) in [6.45, 7) is 0. The highest BCUT2D eigenvalue weighted by Crippen LogP contribution is 2.00. The number of hydrogen-bond donors (Lipinski definition) is 3. The molecule has 60 valence electrons. The Morgan fingerprint density at radius 3 is 3.09 bits per heavy atom. The molecule has 0 unspecified atom stereocenters. The maximum absolute atomic E-state index is 10.2. The predicted molar refractivity (Wildman–Crippen MR) is 32.9 cm³/mol. The molecule has 0 fully saturated rings. The Morgan fingerprint density at radius 1 is 1.82 bits per heavy atom. The van der Waals surface area contributed by atoms with Crippen molar-refractivity contribution >= 4 is 12.4 Å². The van der Waals surface area contributed by atoms with Crippen LogP contribution in [0.2, 0.25) is 0 Å². The van der Waals surface area contributed by atoms with Crippen LogP contribution in [0.3, 0.4) is 0 Å². The predicted octanol–water partition coefficient (Wildman–Crippen LogP) is -1.64. The van der Waals surface area contributed by atoms with Crippen LogP contribution in [0.1, 0.15) is 0 Å². The smallest absolute Gasteiger partial charge is 0.333 e. The Bertz CT molecular complexity index is 213. The maximum Gasteiger partial charge on any atom is 0.430 e. The van der Waals surface area contributed by atoms with E-state index in [2.05, 4.69) is 21.5 Å². The number of primary amides is 1. The van der Waals surface area contributed by atoms with Gasteiger partial charge in [0.2, 0.25) is 0 Å². The number of amides is 1. The maximum atomic E-state index is 10.2. The lowest BCUT2D eigenvalue weighted by molar-refractivity contribution is -0.124. The van der Waals surface area contributed by atoms with Gasteiger partial charge >= 0.3 is 6.09 Å². The second-order valence-corrected chi connectivity index (χ2v) is 1.65. The average molecular weight is 158 g/mol. The lowest BCUT2D eigenvalue weighted by Crippen LogP contribution is -2.40. The minimum atomic E-state index is -1.01. The molecule has 4 N–H and O–H groups in total. The molecule has 0 bridgehead atoms. The highest BCUT2D eigenvalue weighted by Gasteiger charge is 2.16. The monoisotopic (exact) mass is 158 g/mol. The van der Waals surface area contributed by atoms with Gasteiger partial charge in [0.25, 0.3) is 0 Å². The van der Waals surface area contributed by atoms with Gasteiger partial charge in [0, 0.05) is 6.20 Å². The van der Waals surface area contributed by atoms with Crippen molar-refractivity contribution in [2.75, 3.05) is 0 Å². The van der Waals surface area contributed by atoms with Crippen LogP contribution < -0.4 is 16.7 Å². The van der Waals surface area contributed by atoms with Crippen molar-refractivity contribution in [1.29, 1.82) is 0 Å². The first-order chi connectivity index (χ1) is 5.24. The molecule has 1 heterocycles. The lowest BCUT2D eigenvalue weighted by Gasteiger charge is -2.14. The average Bonchev–Trinajstić information content (AvgIpc) is 2.34. The first kappa shape index (κ1) is 7.35. The Morgan fingerprint density at radius 2 is 2.55 bits per heavy atom. The van der Waals surface area contributed by atoms with Crippen LogP contribution in [0.4, 0.5) is 4.79 Å². The SMILES string of the molecule is NC(=O)ON1NNC=C1C=O. The van der Waals surface area contributed by atoms with Gasteiger partial charge in [-0.2, -0.15) is 0 Å². The van der Waals surface area contributed by atoms with Gasteiger partial charge in [-0.3, -0.25) is 4.79 Å². The van der Waals surface area contributed by atoms with Gasteiger partial charge < -0.3 is 16.0 Å². The quantitative estimate of drug-likeness (QED) is 0.417. The molecule has 7 heteroatoms. The Labute approximate surface area is 61.7 Å². The van der Waals surface area contributed by atoms with Crippen LogP contribution >= 0.6 is 0 Å². The molecule has 0 aromatic heterocycles. The standard InChI is InChI=1S/C4H6N4O3/c5-4(10)11-8-3(2-9)1-6-7-8/h1-2,6-7H,(H2,5,10). The molecule has 1 amide bonds. The molecule has 0 aromatic carbocycles. The summed E-state index contributed by atoms with van der Waals surface area (Å²) in [5, 5.41) is 0.815. The Kier molecular flexibility index (Phi) is 1.93. The number of carbonyl (C=O) groups excluding carboxylic acids is 2. The molecule has 0 saturated heterocycles. The number of hydroxylamine groups is 1. The number of carbonyl (C=O) groups is 2. The van der Waals surface area contributed by atoms with E-state index in [1.54, 1.807) is 0 Å². The molecule has 1 rings (SSSR count). The number of hydrazine groups is 2. The van der Waals surface area contributed by atoms with Crippen LogP contribution in [0, 0.1) is 0 Å². The van der Waals surface area contributed by atoms with E-state index in [9.17, 15) is 9.59 Å². The highest BCUT2D eigenvalue weighted by molar-refractivity contribution is 5.73. The van der Waals surface area contributed by atoms with E-state index in [1.165, 1.54) is 6.20 Å². The zero-order chi connectivity index (χ0) is 8.27. The molecule has 0 saturated carbocycles. The summed E-state index contributed by atoms with van der Waals surface area (Å²) >= 11 is 0. The van der Waals surface area contributed by atoms with E-state index in [1.807, 2.05) is 0 Å². The summed E-state index contributed by atoms with van der Waals surface area (Å²) in [6, 6.07) is 0. The summed E-state index contributed by atoms with van der Waals surface area (Å²) in [7, 11) is 0. The van der Waals surface area contributed by atoms with Crippen LogP contribution in [0.25, 0.3) is 0 Å². The van der Waals surface area contributed by atoms with Crippen molar-refractivity contribution in [2.24, 2.45) is 5.73 Å². The van der Waals surface area contributed by atoms with Gasteiger partial charge in [0.15, 0.2) is 12.0 Å². The molecule has 1 aliphatic rings. The van der Waals surface area contributed by atoms with E-state index in [4.69, 9.17) is 0 Å². The Hall–Kier alpha value is -1.76. The normalized spacial score (nSPS) is 15.3. The van der Waals surface area contributed by atoms with E-state index in [-0.39, 0.29) is 5.70 Å². The van der Waals surface area contributed by atoms with Crippen molar-refractivity contribution in [3.63, 3.8) is 0 Å². The van der Waals surface area contributed by atoms with Gasteiger partial charge in [-0.25, -0.2) is 4.79 Å². The lowest BCUT2D eigenvalue weighted by atomic mass is 10.5. The summed E-state index contributed by atoms with van der Waals surface area (Å²) in [6.07, 6.45) is 0.806. The third kappa shape index (κ3) is 1.58. The first-order valence-corrected chi connectivity index (χ1v) is 2.68. The summed E-state index contributed by atoms with van der Waals surface area (Å²) < 4.78 is 0. The zero-order valence-corrected chi connectivity index (χ0v) is 5.40. The van der Waals surface area contributed by atoms with E-state index >= 15 is 0 Å². The van der Waals surface area contributed by atoms with E-state index < -0.39 is 6.09 Å². The van der Waals surface area contributed by atoms with Crippen molar-refractivity contribution in [3.05, 3.63) is 11.9 Å². The van der Waals surface area contributed by atoms with Gasteiger partial charge in [-0.15, -0.1) is 10.7 Å². The van der Waals surface area contributed by atoms with Crippen molar-refractivity contribution in [3.8, 4) is 0 Å².